The van der Waals surface area contributed by atoms with E-state index in [1.54, 1.807) is 18.2 Å². The van der Waals surface area contributed by atoms with E-state index in [1.165, 1.54) is 30.3 Å². The zero-order valence-corrected chi connectivity index (χ0v) is 17.5. The molecule has 1 aliphatic heterocycles. The van der Waals surface area contributed by atoms with Crippen molar-refractivity contribution in [2.24, 2.45) is 0 Å². The molecule has 0 radical (unpaired) electrons. The molecule has 0 spiro atoms. The molecule has 2 amide bonds. The largest absolute Gasteiger partial charge is 0.481 e. The highest BCUT2D eigenvalue weighted by Crippen LogP contribution is 2.36. The predicted octanol–water partition coefficient (Wildman–Crippen LogP) is 4.06. The van der Waals surface area contributed by atoms with Crippen molar-refractivity contribution < 1.29 is 29.2 Å². The summed E-state index contributed by atoms with van der Waals surface area (Å²) in [7, 11) is 0. The minimum Gasteiger partial charge on any atom is -0.481 e. The Morgan fingerprint density at radius 3 is 2.70 bits per heavy atom. The molecule has 0 saturated carbocycles. The molecule has 30 heavy (non-hydrogen) atoms. The van der Waals surface area contributed by atoms with Gasteiger partial charge < -0.3 is 9.84 Å². The molecule has 11 heteroatoms. The maximum Gasteiger partial charge on any atom is 0.341 e. The molecule has 3 rings (SSSR count). The van der Waals surface area contributed by atoms with Crippen molar-refractivity contribution in [2.45, 2.75) is 6.54 Å². The van der Waals surface area contributed by atoms with E-state index >= 15 is 0 Å². The Balaban J connectivity index is 1.88. The Bertz CT molecular complexity index is 1090. The number of carbonyl (C=O) groups excluding carboxylic acids is 2. The fraction of sp³-hybridized carbons (Fsp3) is 0.105. The van der Waals surface area contributed by atoms with Gasteiger partial charge in [-0.25, -0.2) is 4.79 Å². The van der Waals surface area contributed by atoms with Gasteiger partial charge in [-0.15, -0.1) is 0 Å². The molecule has 1 heterocycles. The summed E-state index contributed by atoms with van der Waals surface area (Å²) in [6.45, 7) is -0.804. The second-order valence-corrected chi connectivity index (χ2v) is 7.93. The number of rotatable bonds is 7. The van der Waals surface area contributed by atoms with Gasteiger partial charge in [0.15, 0.2) is 6.61 Å². The van der Waals surface area contributed by atoms with E-state index in [1.807, 2.05) is 0 Å². The monoisotopic (exact) mass is 492 g/mol. The highest BCUT2D eigenvalue weighted by molar-refractivity contribution is 9.10. The molecular weight excluding hydrogens is 480 g/mol. The molecule has 154 valence electrons. The molecule has 0 aliphatic carbocycles. The summed E-state index contributed by atoms with van der Waals surface area (Å²) in [6.07, 6.45) is 1.42. The summed E-state index contributed by atoms with van der Waals surface area (Å²) >= 11 is 3.99. The molecule has 0 atom stereocenters. The lowest BCUT2D eigenvalue weighted by Crippen LogP contribution is -2.27. The van der Waals surface area contributed by atoms with E-state index in [4.69, 9.17) is 9.84 Å². The van der Waals surface area contributed by atoms with E-state index in [2.05, 4.69) is 15.9 Å². The van der Waals surface area contributed by atoms with Crippen LogP contribution in [0, 0.1) is 10.1 Å². The number of para-hydroxylation sites is 1. The maximum atomic E-state index is 12.8. The third-order valence-electron chi connectivity index (χ3n) is 4.00. The normalized spacial score (nSPS) is 15.0. The van der Waals surface area contributed by atoms with Crippen molar-refractivity contribution >= 4 is 56.6 Å². The fourth-order valence-corrected chi connectivity index (χ4v) is 3.88. The Morgan fingerprint density at radius 1 is 1.27 bits per heavy atom. The van der Waals surface area contributed by atoms with Gasteiger partial charge in [-0.05, 0) is 36.0 Å². The van der Waals surface area contributed by atoms with Crippen LogP contribution in [0.25, 0.3) is 6.08 Å². The van der Waals surface area contributed by atoms with Crippen molar-refractivity contribution in [3.8, 4) is 5.75 Å². The number of carboxylic acid groups (broad SMARTS) is 1. The van der Waals surface area contributed by atoms with Crippen molar-refractivity contribution in [1.29, 1.82) is 0 Å². The van der Waals surface area contributed by atoms with Crippen molar-refractivity contribution in [1.82, 2.24) is 4.90 Å². The van der Waals surface area contributed by atoms with Gasteiger partial charge in [-0.2, -0.15) is 0 Å². The van der Waals surface area contributed by atoms with Crippen LogP contribution in [0.3, 0.4) is 0 Å². The number of nitro benzene ring substituents is 1. The standard InChI is InChI=1S/C19H13BrN2O7S/c20-13-5-6-15(29-10-17(23)24)12(7-13)8-16-18(25)21(19(26)30-16)9-11-3-1-2-4-14(11)22(27)28/h1-8H,9-10H2,(H,23,24)/b16-8+. The van der Waals surface area contributed by atoms with Gasteiger partial charge in [0.25, 0.3) is 16.8 Å². The minimum atomic E-state index is -1.16. The van der Waals surface area contributed by atoms with Gasteiger partial charge in [-0.1, -0.05) is 34.1 Å². The zero-order chi connectivity index (χ0) is 21.8. The summed E-state index contributed by atoms with van der Waals surface area (Å²) in [5.41, 5.74) is 0.456. The Labute approximate surface area is 182 Å². The van der Waals surface area contributed by atoms with Gasteiger partial charge in [0, 0.05) is 21.7 Å². The van der Waals surface area contributed by atoms with Gasteiger partial charge in [-0.3, -0.25) is 24.6 Å². The number of nitro groups is 1. The van der Waals surface area contributed by atoms with Crippen LogP contribution in [0.4, 0.5) is 10.5 Å². The predicted molar refractivity (Wildman–Crippen MR) is 112 cm³/mol. The third kappa shape index (κ3) is 4.86. The lowest BCUT2D eigenvalue weighted by atomic mass is 10.1. The molecule has 1 aliphatic rings. The number of amides is 2. The van der Waals surface area contributed by atoms with Gasteiger partial charge in [0.2, 0.25) is 0 Å². The molecule has 2 aromatic rings. The smallest absolute Gasteiger partial charge is 0.341 e. The summed E-state index contributed by atoms with van der Waals surface area (Å²) in [4.78, 5) is 47.6. The van der Waals surface area contributed by atoms with Crippen LogP contribution in [-0.2, 0) is 16.1 Å². The highest BCUT2D eigenvalue weighted by atomic mass is 79.9. The van der Waals surface area contributed by atoms with E-state index < -0.39 is 28.6 Å². The first-order chi connectivity index (χ1) is 14.3. The van der Waals surface area contributed by atoms with Crippen LogP contribution in [0.15, 0.2) is 51.8 Å². The number of benzene rings is 2. The second kappa shape index (κ2) is 9.09. The van der Waals surface area contributed by atoms with E-state index in [-0.39, 0.29) is 28.5 Å². The first-order valence-electron chi connectivity index (χ1n) is 8.38. The lowest BCUT2D eigenvalue weighted by Gasteiger charge is -2.12. The van der Waals surface area contributed by atoms with Crippen LogP contribution >= 0.6 is 27.7 Å². The quantitative estimate of drug-likeness (QED) is 0.348. The summed E-state index contributed by atoms with van der Waals surface area (Å²) in [5, 5.41) is 19.4. The number of nitrogens with zero attached hydrogens (tertiary/aromatic N) is 2. The number of imide groups is 1. The van der Waals surface area contributed by atoms with Crippen LogP contribution in [0.1, 0.15) is 11.1 Å². The van der Waals surface area contributed by atoms with Crippen LogP contribution in [0.5, 0.6) is 5.75 Å². The molecule has 2 aromatic carbocycles. The average molecular weight is 493 g/mol. The topological polar surface area (TPSA) is 127 Å². The van der Waals surface area contributed by atoms with Gasteiger partial charge >= 0.3 is 5.97 Å². The number of halogens is 1. The fourth-order valence-electron chi connectivity index (χ4n) is 2.67. The van der Waals surface area contributed by atoms with Crippen LogP contribution < -0.4 is 4.74 Å². The number of thioether (sulfide) groups is 1. The van der Waals surface area contributed by atoms with E-state index in [0.717, 1.165) is 4.90 Å². The first kappa shape index (κ1) is 21.5. The summed E-state index contributed by atoms with van der Waals surface area (Å²) < 4.78 is 5.89. The Hall–Kier alpha value is -3.18. The lowest BCUT2D eigenvalue weighted by molar-refractivity contribution is -0.385. The molecule has 1 saturated heterocycles. The minimum absolute atomic E-state index is 0.0943. The molecule has 1 N–H and O–H groups in total. The number of ether oxygens (including phenoxy) is 1. The van der Waals surface area contributed by atoms with Crippen molar-refractivity contribution in [2.75, 3.05) is 6.61 Å². The number of carboxylic acids is 1. The molecule has 0 bridgehead atoms. The van der Waals surface area contributed by atoms with Gasteiger partial charge in [0.05, 0.1) is 16.4 Å². The Kier molecular flexibility index (Phi) is 6.53. The second-order valence-electron chi connectivity index (χ2n) is 6.02. The molecule has 9 nitrogen and oxygen atoms in total. The molecular formula is C19H13BrN2O7S. The summed E-state index contributed by atoms with van der Waals surface area (Å²) in [5.74, 6) is -1.54. The summed E-state index contributed by atoms with van der Waals surface area (Å²) in [6, 6.07) is 10.7. The third-order valence-corrected chi connectivity index (χ3v) is 5.40. The molecule has 1 fully saturated rings. The van der Waals surface area contributed by atoms with Crippen molar-refractivity contribution in [3.63, 3.8) is 0 Å². The van der Waals surface area contributed by atoms with Crippen LogP contribution in [-0.4, -0.2) is 38.7 Å². The van der Waals surface area contributed by atoms with Crippen LogP contribution in [0.2, 0.25) is 0 Å². The van der Waals surface area contributed by atoms with E-state index in [9.17, 15) is 24.5 Å². The number of carbonyl (C=O) groups is 3. The first-order valence-corrected chi connectivity index (χ1v) is 9.99. The Morgan fingerprint density at radius 2 is 2.00 bits per heavy atom. The van der Waals surface area contributed by atoms with Crippen molar-refractivity contribution in [3.05, 3.63) is 73.1 Å². The van der Waals surface area contributed by atoms with Gasteiger partial charge in [0.1, 0.15) is 5.75 Å². The zero-order valence-electron chi connectivity index (χ0n) is 15.1. The van der Waals surface area contributed by atoms with E-state index in [0.29, 0.717) is 21.8 Å². The maximum absolute atomic E-state index is 12.8. The molecule has 0 aromatic heterocycles. The SMILES string of the molecule is O=C(O)COc1ccc(Br)cc1/C=C1/SC(=O)N(Cc2ccccc2[N+](=O)[O-])C1=O. The number of aliphatic carboxylic acids is 1. The highest BCUT2D eigenvalue weighted by Gasteiger charge is 2.36. The molecule has 0 unspecified atom stereocenters. The number of hydrogen-bond acceptors (Lipinski definition) is 7. The number of hydrogen-bond donors (Lipinski definition) is 1. The average Bonchev–Trinajstić information content (AvgIpc) is 2.95.